The van der Waals surface area contributed by atoms with Gasteiger partial charge in [-0.3, -0.25) is 10.1 Å². The third kappa shape index (κ3) is 1.85. The number of hydrogen-bond donors (Lipinski definition) is 2. The highest BCUT2D eigenvalue weighted by atomic mass is 16.2. The first-order chi connectivity index (χ1) is 7.16. The topological polar surface area (TPSA) is 67.5 Å². The fourth-order valence-corrected chi connectivity index (χ4v) is 2.68. The Hall–Kier alpha value is -1.06. The van der Waals surface area contributed by atoms with Crippen LogP contribution in [0.25, 0.3) is 0 Å². The van der Waals surface area contributed by atoms with Crippen molar-refractivity contribution in [2.45, 2.75) is 51.0 Å². The molecule has 1 fully saturated rings. The minimum atomic E-state index is -0.520. The number of amides is 1. The van der Waals surface area contributed by atoms with E-state index in [9.17, 15) is 4.79 Å². The lowest BCUT2D eigenvalue weighted by molar-refractivity contribution is -0.124. The standard InChI is InChI=1S/C11H19N3O/c1-2-8-4-3-6-11(7-5-8)9(15)13-10(12)14-11/h8H,2-7H2,1H3,(H3,12,13,14,15). The van der Waals surface area contributed by atoms with Gasteiger partial charge in [-0.15, -0.1) is 0 Å². The van der Waals surface area contributed by atoms with Crippen LogP contribution in [0.3, 0.4) is 0 Å². The van der Waals surface area contributed by atoms with Crippen LogP contribution in [0.2, 0.25) is 0 Å². The molecule has 1 amide bonds. The van der Waals surface area contributed by atoms with Crippen LogP contribution in [0, 0.1) is 5.92 Å². The molecule has 0 aromatic heterocycles. The van der Waals surface area contributed by atoms with Crippen molar-refractivity contribution in [2.24, 2.45) is 16.6 Å². The zero-order valence-corrected chi connectivity index (χ0v) is 9.25. The Labute approximate surface area is 90.3 Å². The van der Waals surface area contributed by atoms with Crippen molar-refractivity contribution in [1.82, 2.24) is 5.32 Å². The Morgan fingerprint density at radius 2 is 2.33 bits per heavy atom. The van der Waals surface area contributed by atoms with Crippen LogP contribution in [0.15, 0.2) is 4.99 Å². The molecule has 1 heterocycles. The second-order valence-corrected chi connectivity index (χ2v) is 4.69. The molecule has 4 nitrogen and oxygen atoms in total. The number of nitrogens with one attached hydrogen (secondary N) is 1. The van der Waals surface area contributed by atoms with E-state index in [0.29, 0.717) is 5.96 Å². The van der Waals surface area contributed by atoms with Gasteiger partial charge in [0.1, 0.15) is 5.54 Å². The molecule has 0 bridgehead atoms. The maximum atomic E-state index is 11.8. The lowest BCUT2D eigenvalue weighted by Crippen LogP contribution is -2.40. The molecule has 0 saturated heterocycles. The molecule has 2 atom stereocenters. The number of guanidine groups is 1. The largest absolute Gasteiger partial charge is 0.370 e. The lowest BCUT2D eigenvalue weighted by atomic mass is 9.90. The first-order valence-corrected chi connectivity index (χ1v) is 5.83. The summed E-state index contributed by atoms with van der Waals surface area (Å²) < 4.78 is 0. The zero-order valence-electron chi connectivity index (χ0n) is 9.25. The highest BCUT2D eigenvalue weighted by Crippen LogP contribution is 2.36. The number of nitrogens with two attached hydrogens (primary N) is 1. The van der Waals surface area contributed by atoms with Crippen LogP contribution in [-0.2, 0) is 4.79 Å². The minimum Gasteiger partial charge on any atom is -0.370 e. The Morgan fingerprint density at radius 1 is 1.53 bits per heavy atom. The van der Waals surface area contributed by atoms with Gasteiger partial charge in [0.15, 0.2) is 5.96 Å². The van der Waals surface area contributed by atoms with Gasteiger partial charge in [-0.25, -0.2) is 4.99 Å². The van der Waals surface area contributed by atoms with Crippen molar-refractivity contribution in [3.05, 3.63) is 0 Å². The quantitative estimate of drug-likeness (QED) is 0.680. The molecular weight excluding hydrogens is 190 g/mol. The lowest BCUT2D eigenvalue weighted by Gasteiger charge is -2.20. The van der Waals surface area contributed by atoms with Crippen molar-refractivity contribution in [3.8, 4) is 0 Å². The maximum Gasteiger partial charge on any atom is 0.254 e. The Bertz CT molecular complexity index is 300. The molecule has 0 radical (unpaired) electrons. The number of nitrogens with zero attached hydrogens (tertiary/aromatic N) is 1. The molecule has 2 rings (SSSR count). The minimum absolute atomic E-state index is 0.0109. The van der Waals surface area contributed by atoms with Crippen LogP contribution in [0.1, 0.15) is 45.4 Å². The molecule has 2 unspecified atom stereocenters. The first-order valence-electron chi connectivity index (χ1n) is 5.83. The third-order valence-electron chi connectivity index (χ3n) is 3.74. The summed E-state index contributed by atoms with van der Waals surface area (Å²) in [6.07, 6.45) is 6.33. The third-order valence-corrected chi connectivity index (χ3v) is 3.74. The molecule has 1 spiro atoms. The van der Waals surface area contributed by atoms with Crippen LogP contribution < -0.4 is 11.1 Å². The first kappa shape index (κ1) is 10.5. The Morgan fingerprint density at radius 3 is 2.93 bits per heavy atom. The van der Waals surface area contributed by atoms with Crippen molar-refractivity contribution in [2.75, 3.05) is 0 Å². The van der Waals surface area contributed by atoms with Gasteiger partial charge in [-0.1, -0.05) is 26.2 Å². The van der Waals surface area contributed by atoms with Gasteiger partial charge in [0.2, 0.25) is 0 Å². The van der Waals surface area contributed by atoms with Gasteiger partial charge >= 0.3 is 0 Å². The van der Waals surface area contributed by atoms with Crippen LogP contribution in [-0.4, -0.2) is 17.4 Å². The van der Waals surface area contributed by atoms with E-state index in [1.165, 1.54) is 12.8 Å². The molecular formula is C11H19N3O. The van der Waals surface area contributed by atoms with Gasteiger partial charge < -0.3 is 5.73 Å². The summed E-state index contributed by atoms with van der Waals surface area (Å²) in [4.78, 5) is 16.1. The monoisotopic (exact) mass is 209 g/mol. The Kier molecular flexibility index (Phi) is 2.67. The molecule has 2 aliphatic rings. The molecule has 15 heavy (non-hydrogen) atoms. The number of hydrogen-bond acceptors (Lipinski definition) is 3. The van der Waals surface area contributed by atoms with Gasteiger partial charge in [-0.2, -0.15) is 0 Å². The van der Waals surface area contributed by atoms with Gasteiger partial charge in [-0.05, 0) is 25.2 Å². The molecule has 3 N–H and O–H groups in total. The van der Waals surface area contributed by atoms with E-state index in [4.69, 9.17) is 5.73 Å². The molecule has 1 aliphatic carbocycles. The van der Waals surface area contributed by atoms with E-state index in [1.54, 1.807) is 0 Å². The van der Waals surface area contributed by atoms with E-state index in [2.05, 4.69) is 17.2 Å². The summed E-state index contributed by atoms with van der Waals surface area (Å²) in [5, 5.41) is 2.63. The molecule has 1 aliphatic heterocycles. The number of carbonyl (C=O) groups excluding carboxylic acids is 1. The van der Waals surface area contributed by atoms with Crippen molar-refractivity contribution in [3.63, 3.8) is 0 Å². The predicted octanol–water partition coefficient (Wildman–Crippen LogP) is 1.16. The zero-order chi connectivity index (χ0) is 10.9. The average Bonchev–Trinajstić information content (AvgIpc) is 2.39. The number of rotatable bonds is 1. The predicted molar refractivity (Wildman–Crippen MR) is 59.4 cm³/mol. The second-order valence-electron chi connectivity index (χ2n) is 4.69. The van der Waals surface area contributed by atoms with Gasteiger partial charge in [0, 0.05) is 0 Å². The van der Waals surface area contributed by atoms with Gasteiger partial charge in [0.25, 0.3) is 5.91 Å². The summed E-state index contributed by atoms with van der Waals surface area (Å²) in [5.41, 5.74) is 5.05. The SMILES string of the molecule is CCC1CCCC2(CC1)N=C(N)NC2=O. The number of carbonyl (C=O) groups is 1. The van der Waals surface area contributed by atoms with E-state index >= 15 is 0 Å². The fraction of sp³-hybridized carbons (Fsp3) is 0.818. The smallest absolute Gasteiger partial charge is 0.254 e. The summed E-state index contributed by atoms with van der Waals surface area (Å²) in [6.45, 7) is 2.22. The summed E-state index contributed by atoms with van der Waals surface area (Å²) in [6, 6.07) is 0. The molecule has 0 aromatic rings. The number of aliphatic imine (C=N–C) groups is 1. The van der Waals surface area contributed by atoms with Crippen molar-refractivity contribution < 1.29 is 4.79 Å². The molecule has 84 valence electrons. The molecule has 0 aromatic carbocycles. The summed E-state index contributed by atoms with van der Waals surface area (Å²) in [7, 11) is 0. The van der Waals surface area contributed by atoms with E-state index in [1.807, 2.05) is 0 Å². The van der Waals surface area contributed by atoms with Gasteiger partial charge in [0.05, 0.1) is 0 Å². The van der Waals surface area contributed by atoms with Crippen LogP contribution in [0.5, 0.6) is 0 Å². The second kappa shape index (κ2) is 3.83. The Balaban J connectivity index is 2.13. The normalized spacial score (nSPS) is 36.2. The highest BCUT2D eigenvalue weighted by Gasteiger charge is 2.43. The maximum absolute atomic E-state index is 11.8. The van der Waals surface area contributed by atoms with Crippen molar-refractivity contribution in [1.29, 1.82) is 0 Å². The fourth-order valence-electron chi connectivity index (χ4n) is 2.68. The summed E-state index contributed by atoms with van der Waals surface area (Å²) >= 11 is 0. The van der Waals surface area contributed by atoms with E-state index in [-0.39, 0.29) is 5.91 Å². The van der Waals surface area contributed by atoms with Crippen molar-refractivity contribution >= 4 is 11.9 Å². The van der Waals surface area contributed by atoms with Crippen LogP contribution in [0.4, 0.5) is 0 Å². The van der Waals surface area contributed by atoms with E-state index < -0.39 is 5.54 Å². The molecule has 1 saturated carbocycles. The molecule has 4 heteroatoms. The highest BCUT2D eigenvalue weighted by molar-refractivity contribution is 6.06. The van der Waals surface area contributed by atoms with E-state index in [0.717, 1.165) is 31.6 Å². The summed E-state index contributed by atoms with van der Waals surface area (Å²) in [5.74, 6) is 1.07. The van der Waals surface area contributed by atoms with Crippen LogP contribution >= 0.6 is 0 Å². The average molecular weight is 209 g/mol.